The molecule has 100 valence electrons. The van der Waals surface area contributed by atoms with Gasteiger partial charge in [0.1, 0.15) is 0 Å². The van der Waals surface area contributed by atoms with E-state index >= 15 is 0 Å². The van der Waals surface area contributed by atoms with E-state index in [0.29, 0.717) is 0 Å². The second-order valence-electron chi connectivity index (χ2n) is 5.00. The highest BCUT2D eigenvalue weighted by molar-refractivity contribution is 6.16. The monoisotopic (exact) mass is 263 g/mol. The molecule has 3 amide bonds. The minimum Gasteiger partial charge on any atom is -0.332 e. The predicted octanol–water partition coefficient (Wildman–Crippen LogP) is 1.82. The van der Waals surface area contributed by atoms with Crippen molar-refractivity contribution in [3.63, 3.8) is 0 Å². The van der Waals surface area contributed by atoms with Crippen molar-refractivity contribution in [1.82, 2.24) is 5.32 Å². The Hall–Kier alpha value is -2.44. The first-order valence-corrected chi connectivity index (χ1v) is 5.70. The summed E-state index contributed by atoms with van der Waals surface area (Å²) in [5.74, 6) is -0.380. The van der Waals surface area contributed by atoms with Crippen LogP contribution in [0.4, 0.5) is 16.2 Å². The van der Waals surface area contributed by atoms with E-state index in [2.05, 4.69) is 5.32 Å². The van der Waals surface area contributed by atoms with Gasteiger partial charge in [-0.2, -0.15) is 0 Å². The molecule has 1 heterocycles. The van der Waals surface area contributed by atoms with Crippen molar-refractivity contribution < 1.29 is 14.5 Å². The molecule has 1 aromatic carbocycles. The van der Waals surface area contributed by atoms with Gasteiger partial charge in [0.25, 0.3) is 5.69 Å². The number of imide groups is 1. The van der Waals surface area contributed by atoms with Crippen LogP contribution >= 0.6 is 0 Å². The number of hydrogen-bond acceptors (Lipinski definition) is 4. The number of nitrogens with zero attached hydrogens (tertiary/aromatic N) is 2. The number of carbonyl (C=O) groups is 2. The van der Waals surface area contributed by atoms with Crippen molar-refractivity contribution in [2.75, 3.05) is 4.90 Å². The van der Waals surface area contributed by atoms with Gasteiger partial charge in [-0.15, -0.1) is 0 Å². The summed E-state index contributed by atoms with van der Waals surface area (Å²) in [7, 11) is 0. The fourth-order valence-electron chi connectivity index (χ4n) is 1.97. The van der Waals surface area contributed by atoms with Gasteiger partial charge in [-0.1, -0.05) is 6.07 Å². The fourth-order valence-corrected chi connectivity index (χ4v) is 1.97. The number of anilines is 1. The quantitative estimate of drug-likeness (QED) is 0.650. The lowest BCUT2D eigenvalue weighted by Gasteiger charge is -2.36. The second-order valence-corrected chi connectivity index (χ2v) is 5.00. The lowest BCUT2D eigenvalue weighted by Crippen LogP contribution is -2.59. The second kappa shape index (κ2) is 4.34. The number of nitro groups is 1. The molecule has 19 heavy (non-hydrogen) atoms. The van der Waals surface area contributed by atoms with Crippen molar-refractivity contribution in [1.29, 1.82) is 0 Å². The number of carbonyl (C=O) groups excluding carboxylic acids is 2. The number of hydrogen-bond donors (Lipinski definition) is 1. The van der Waals surface area contributed by atoms with Crippen LogP contribution in [0.25, 0.3) is 0 Å². The zero-order valence-corrected chi connectivity index (χ0v) is 10.5. The van der Waals surface area contributed by atoms with Crippen molar-refractivity contribution in [2.45, 2.75) is 25.8 Å². The molecule has 2 rings (SSSR count). The molecule has 0 unspecified atom stereocenters. The molecule has 0 spiro atoms. The van der Waals surface area contributed by atoms with Gasteiger partial charge >= 0.3 is 6.03 Å². The van der Waals surface area contributed by atoms with Crippen LogP contribution in [0.15, 0.2) is 24.3 Å². The van der Waals surface area contributed by atoms with Crippen LogP contribution in [0, 0.1) is 10.1 Å². The Morgan fingerprint density at radius 2 is 2.05 bits per heavy atom. The maximum absolute atomic E-state index is 12.0. The molecule has 1 aromatic rings. The fraction of sp³-hybridized carbons (Fsp3) is 0.333. The summed E-state index contributed by atoms with van der Waals surface area (Å²) in [6.45, 7) is 3.49. The molecule has 0 aliphatic carbocycles. The first kappa shape index (κ1) is 13.0. The third-order valence-electron chi connectivity index (χ3n) is 2.79. The standard InChI is InChI=1S/C12H13N3O4/c1-12(2)7-10(16)14(11(17)13-12)8-4-3-5-9(6-8)15(18)19/h3-6H,7H2,1-2H3,(H,13,17). The number of benzene rings is 1. The Balaban J connectivity index is 2.36. The summed E-state index contributed by atoms with van der Waals surface area (Å²) in [6.07, 6.45) is 0.140. The average Bonchev–Trinajstić information content (AvgIpc) is 2.26. The van der Waals surface area contributed by atoms with Crippen LogP contribution in [0.2, 0.25) is 0 Å². The smallest absolute Gasteiger partial charge is 0.329 e. The van der Waals surface area contributed by atoms with Gasteiger partial charge in [0.15, 0.2) is 0 Å². The van der Waals surface area contributed by atoms with Gasteiger partial charge in [-0.05, 0) is 19.9 Å². The predicted molar refractivity (Wildman–Crippen MR) is 67.8 cm³/mol. The molecule has 1 N–H and O–H groups in total. The molecule has 1 aliphatic heterocycles. The molecule has 7 heteroatoms. The number of nitrogens with one attached hydrogen (secondary N) is 1. The average molecular weight is 263 g/mol. The summed E-state index contributed by atoms with van der Waals surface area (Å²) in [5.41, 5.74) is -0.569. The maximum atomic E-state index is 12.0. The van der Waals surface area contributed by atoms with E-state index in [0.717, 1.165) is 4.90 Å². The minimum absolute atomic E-state index is 0.140. The number of amides is 3. The third kappa shape index (κ3) is 2.54. The van der Waals surface area contributed by atoms with E-state index in [4.69, 9.17) is 0 Å². The summed E-state index contributed by atoms with van der Waals surface area (Å²) < 4.78 is 0. The molecule has 0 bridgehead atoms. The zero-order valence-electron chi connectivity index (χ0n) is 10.5. The Labute approximate surface area is 109 Å². The van der Waals surface area contributed by atoms with Gasteiger partial charge in [0, 0.05) is 17.7 Å². The maximum Gasteiger partial charge on any atom is 0.329 e. The minimum atomic E-state index is -0.606. The van der Waals surface area contributed by atoms with Gasteiger partial charge in [0.05, 0.1) is 17.0 Å². The molecule has 1 saturated heterocycles. The van der Waals surface area contributed by atoms with E-state index in [9.17, 15) is 19.7 Å². The molecule has 0 aromatic heterocycles. The molecule has 7 nitrogen and oxygen atoms in total. The highest BCUT2D eigenvalue weighted by Gasteiger charge is 2.37. The Bertz CT molecular complexity index is 548. The van der Waals surface area contributed by atoms with E-state index in [-0.39, 0.29) is 23.7 Å². The lowest BCUT2D eigenvalue weighted by atomic mass is 9.97. The molecular formula is C12H13N3O4. The van der Waals surface area contributed by atoms with Gasteiger partial charge in [-0.3, -0.25) is 14.9 Å². The topological polar surface area (TPSA) is 92.6 Å². The van der Waals surface area contributed by atoms with Crippen LogP contribution in [0.3, 0.4) is 0 Å². The summed E-state index contributed by atoms with van der Waals surface area (Å²) >= 11 is 0. The third-order valence-corrected chi connectivity index (χ3v) is 2.79. The number of nitro benzene ring substituents is 1. The first-order chi connectivity index (χ1) is 8.80. The highest BCUT2D eigenvalue weighted by atomic mass is 16.6. The van der Waals surface area contributed by atoms with Crippen LogP contribution < -0.4 is 10.2 Å². The summed E-state index contributed by atoms with van der Waals surface area (Å²) in [4.78, 5) is 35.0. The van der Waals surface area contributed by atoms with E-state index in [1.54, 1.807) is 13.8 Å². The summed E-state index contributed by atoms with van der Waals surface area (Å²) in [5, 5.41) is 13.4. The van der Waals surface area contributed by atoms with Crippen molar-refractivity contribution in [3.8, 4) is 0 Å². The van der Waals surface area contributed by atoms with Gasteiger partial charge in [0.2, 0.25) is 5.91 Å². The van der Waals surface area contributed by atoms with E-state index in [1.807, 2.05) is 0 Å². The van der Waals surface area contributed by atoms with Crippen LogP contribution in [-0.4, -0.2) is 22.4 Å². The molecule has 1 fully saturated rings. The van der Waals surface area contributed by atoms with Gasteiger partial charge < -0.3 is 5.32 Å². The highest BCUT2D eigenvalue weighted by Crippen LogP contribution is 2.26. The largest absolute Gasteiger partial charge is 0.332 e. The molecular weight excluding hydrogens is 250 g/mol. The Morgan fingerprint density at radius 3 is 2.63 bits per heavy atom. The SMILES string of the molecule is CC1(C)CC(=O)N(c2cccc([N+](=O)[O-])c2)C(=O)N1. The number of rotatable bonds is 2. The van der Waals surface area contributed by atoms with Crippen LogP contribution in [0.1, 0.15) is 20.3 Å². The molecule has 0 saturated carbocycles. The van der Waals surface area contributed by atoms with E-state index in [1.165, 1.54) is 24.3 Å². The summed E-state index contributed by atoms with van der Waals surface area (Å²) in [6, 6.07) is 4.87. The Morgan fingerprint density at radius 1 is 1.37 bits per heavy atom. The van der Waals surface area contributed by atoms with Crippen molar-refractivity contribution in [3.05, 3.63) is 34.4 Å². The molecule has 0 atom stereocenters. The van der Waals surface area contributed by atoms with Crippen LogP contribution in [-0.2, 0) is 4.79 Å². The van der Waals surface area contributed by atoms with Crippen molar-refractivity contribution >= 4 is 23.3 Å². The first-order valence-electron chi connectivity index (χ1n) is 5.70. The van der Waals surface area contributed by atoms with Crippen molar-refractivity contribution in [2.24, 2.45) is 0 Å². The molecule has 1 aliphatic rings. The van der Waals surface area contributed by atoms with Crippen LogP contribution in [0.5, 0.6) is 0 Å². The van der Waals surface area contributed by atoms with Gasteiger partial charge in [-0.25, -0.2) is 9.69 Å². The lowest BCUT2D eigenvalue weighted by molar-refractivity contribution is -0.384. The molecule has 0 radical (unpaired) electrons. The zero-order chi connectivity index (χ0) is 14.2. The number of non-ortho nitro benzene ring substituents is 1. The van der Waals surface area contributed by atoms with E-state index < -0.39 is 16.5 Å². The number of urea groups is 1. The normalized spacial score (nSPS) is 18.1. The Kier molecular flexibility index (Phi) is 2.97.